The minimum absolute atomic E-state index is 0.180. The number of nitrogens with zero attached hydrogens (tertiary/aromatic N) is 1. The van der Waals surface area contributed by atoms with Gasteiger partial charge >= 0.3 is 5.97 Å². The van der Waals surface area contributed by atoms with E-state index in [1.807, 2.05) is 44.2 Å². The van der Waals surface area contributed by atoms with Crippen LogP contribution in [0.15, 0.2) is 30.3 Å². The Morgan fingerprint density at radius 2 is 2.12 bits per heavy atom. The average Bonchev–Trinajstić information content (AvgIpc) is 2.37. The number of rotatable bonds is 3. The van der Waals surface area contributed by atoms with Gasteiger partial charge in [0.05, 0.1) is 6.61 Å². The summed E-state index contributed by atoms with van der Waals surface area (Å²) in [6.45, 7) is 5.07. The molecule has 1 unspecified atom stereocenters. The number of anilines is 1. The van der Waals surface area contributed by atoms with Gasteiger partial charge in [-0.1, -0.05) is 30.4 Å². The van der Waals surface area contributed by atoms with Crippen LogP contribution >= 0.6 is 0 Å². The van der Waals surface area contributed by atoms with E-state index in [2.05, 4.69) is 11.0 Å². The lowest BCUT2D eigenvalue weighted by molar-refractivity contribution is -0.143. The third-order valence-corrected chi connectivity index (χ3v) is 2.91. The molecule has 0 fully saturated rings. The molecule has 17 heavy (non-hydrogen) atoms. The molecule has 0 spiro atoms. The van der Waals surface area contributed by atoms with E-state index >= 15 is 0 Å². The molecule has 1 heterocycles. The van der Waals surface area contributed by atoms with Crippen LogP contribution in [0.25, 0.3) is 6.08 Å². The van der Waals surface area contributed by atoms with Crippen LogP contribution in [0.3, 0.4) is 0 Å². The summed E-state index contributed by atoms with van der Waals surface area (Å²) in [7, 11) is 0. The topological polar surface area (TPSA) is 29.5 Å². The highest BCUT2D eigenvalue weighted by Gasteiger charge is 2.27. The van der Waals surface area contributed by atoms with Gasteiger partial charge in [0.2, 0.25) is 0 Å². The van der Waals surface area contributed by atoms with Crippen LogP contribution in [-0.2, 0) is 9.53 Å². The van der Waals surface area contributed by atoms with Crippen molar-refractivity contribution in [2.24, 2.45) is 0 Å². The van der Waals surface area contributed by atoms with Crippen molar-refractivity contribution in [3.05, 3.63) is 35.9 Å². The molecule has 1 aromatic carbocycles. The van der Waals surface area contributed by atoms with Gasteiger partial charge in [0, 0.05) is 12.2 Å². The molecule has 1 aliphatic heterocycles. The zero-order chi connectivity index (χ0) is 12.3. The first-order chi connectivity index (χ1) is 8.27. The summed E-state index contributed by atoms with van der Waals surface area (Å²) in [6, 6.07) is 7.78. The van der Waals surface area contributed by atoms with Crippen LogP contribution in [0, 0.1) is 0 Å². The molecule has 0 bridgehead atoms. The Balaban J connectivity index is 2.32. The number of likely N-dealkylation sites (N-methyl/N-ethyl adjacent to an activating group) is 1. The summed E-state index contributed by atoms with van der Waals surface area (Å²) in [5.41, 5.74) is 2.24. The molecule has 0 amide bonds. The summed E-state index contributed by atoms with van der Waals surface area (Å²) >= 11 is 0. The van der Waals surface area contributed by atoms with Crippen LogP contribution < -0.4 is 4.90 Å². The summed E-state index contributed by atoms with van der Waals surface area (Å²) < 4.78 is 5.10. The molecule has 3 nitrogen and oxygen atoms in total. The number of benzene rings is 1. The average molecular weight is 231 g/mol. The van der Waals surface area contributed by atoms with Gasteiger partial charge < -0.3 is 9.64 Å². The summed E-state index contributed by atoms with van der Waals surface area (Å²) in [5, 5.41) is 0. The first kappa shape index (κ1) is 11.7. The van der Waals surface area contributed by atoms with Crippen LogP contribution in [0.2, 0.25) is 0 Å². The van der Waals surface area contributed by atoms with Crippen molar-refractivity contribution in [3.63, 3.8) is 0 Å². The van der Waals surface area contributed by atoms with E-state index in [0.29, 0.717) is 6.61 Å². The van der Waals surface area contributed by atoms with Gasteiger partial charge in [-0.15, -0.1) is 0 Å². The second-order valence-electron chi connectivity index (χ2n) is 3.90. The predicted octanol–water partition coefficient (Wildman–Crippen LogP) is 2.47. The molecular weight excluding hydrogens is 214 g/mol. The van der Waals surface area contributed by atoms with Gasteiger partial charge in [-0.25, -0.2) is 4.79 Å². The standard InChI is InChI=1S/C14H17NO2/c1-3-15-12-8-6-5-7-11(12)9-10-13(15)14(16)17-4-2/h5-10,13H,3-4H2,1-2H3. The zero-order valence-corrected chi connectivity index (χ0v) is 10.2. The fraction of sp³-hybridized carbons (Fsp3) is 0.357. The van der Waals surface area contributed by atoms with E-state index in [1.165, 1.54) is 0 Å². The summed E-state index contributed by atoms with van der Waals surface area (Å²) in [5.74, 6) is -0.180. The second kappa shape index (κ2) is 5.04. The zero-order valence-electron chi connectivity index (χ0n) is 10.2. The Hall–Kier alpha value is -1.77. The van der Waals surface area contributed by atoms with Crippen LogP contribution in [-0.4, -0.2) is 25.2 Å². The molecule has 0 aromatic heterocycles. The van der Waals surface area contributed by atoms with Crippen LogP contribution in [0.5, 0.6) is 0 Å². The Labute approximate surface area is 102 Å². The number of fused-ring (bicyclic) bond motifs is 1. The number of para-hydroxylation sites is 1. The van der Waals surface area contributed by atoms with Crippen LogP contribution in [0.1, 0.15) is 19.4 Å². The SMILES string of the molecule is CCOC(=O)C1C=Cc2ccccc2N1CC. The highest BCUT2D eigenvalue weighted by Crippen LogP contribution is 2.28. The highest BCUT2D eigenvalue weighted by atomic mass is 16.5. The molecule has 1 atom stereocenters. The number of ether oxygens (including phenoxy) is 1. The second-order valence-corrected chi connectivity index (χ2v) is 3.90. The molecule has 0 radical (unpaired) electrons. The smallest absolute Gasteiger partial charge is 0.332 e. The van der Waals surface area contributed by atoms with E-state index in [4.69, 9.17) is 4.74 Å². The van der Waals surface area contributed by atoms with Crippen molar-refractivity contribution in [1.29, 1.82) is 0 Å². The number of hydrogen-bond acceptors (Lipinski definition) is 3. The molecule has 2 rings (SSSR count). The lowest BCUT2D eigenvalue weighted by Crippen LogP contribution is -2.42. The Kier molecular flexibility index (Phi) is 3.47. The Morgan fingerprint density at radius 1 is 1.35 bits per heavy atom. The number of carbonyl (C=O) groups is 1. The fourth-order valence-corrected chi connectivity index (χ4v) is 2.14. The van der Waals surface area contributed by atoms with Gasteiger partial charge in [-0.05, 0) is 25.5 Å². The van der Waals surface area contributed by atoms with E-state index in [1.54, 1.807) is 0 Å². The third-order valence-electron chi connectivity index (χ3n) is 2.91. The van der Waals surface area contributed by atoms with Crippen molar-refractivity contribution in [3.8, 4) is 0 Å². The molecule has 3 heteroatoms. The molecule has 0 aliphatic carbocycles. The highest BCUT2D eigenvalue weighted by molar-refractivity contribution is 5.88. The largest absolute Gasteiger partial charge is 0.464 e. The van der Waals surface area contributed by atoms with Crippen molar-refractivity contribution in [2.75, 3.05) is 18.1 Å². The first-order valence-electron chi connectivity index (χ1n) is 5.98. The molecular formula is C14H17NO2. The molecule has 1 aliphatic rings. The first-order valence-corrected chi connectivity index (χ1v) is 5.98. The third kappa shape index (κ3) is 2.18. The minimum Gasteiger partial charge on any atom is -0.464 e. The predicted molar refractivity (Wildman–Crippen MR) is 68.9 cm³/mol. The van der Waals surface area contributed by atoms with E-state index in [9.17, 15) is 4.79 Å². The van der Waals surface area contributed by atoms with Crippen molar-refractivity contribution in [1.82, 2.24) is 0 Å². The van der Waals surface area contributed by atoms with E-state index in [-0.39, 0.29) is 12.0 Å². The molecule has 0 saturated carbocycles. The van der Waals surface area contributed by atoms with Gasteiger partial charge in [-0.3, -0.25) is 0 Å². The van der Waals surface area contributed by atoms with E-state index < -0.39 is 0 Å². The summed E-state index contributed by atoms with van der Waals surface area (Å²) in [4.78, 5) is 13.9. The molecule has 0 saturated heterocycles. The lowest BCUT2D eigenvalue weighted by atomic mass is 10.0. The Bertz CT molecular complexity index is 440. The van der Waals surface area contributed by atoms with Gasteiger partial charge in [0.25, 0.3) is 0 Å². The van der Waals surface area contributed by atoms with Gasteiger partial charge in [0.15, 0.2) is 0 Å². The van der Waals surface area contributed by atoms with Gasteiger partial charge in [0.1, 0.15) is 6.04 Å². The molecule has 0 N–H and O–H groups in total. The fourth-order valence-electron chi connectivity index (χ4n) is 2.14. The quantitative estimate of drug-likeness (QED) is 0.748. The van der Waals surface area contributed by atoms with Crippen molar-refractivity contribution >= 4 is 17.7 Å². The maximum absolute atomic E-state index is 11.9. The summed E-state index contributed by atoms with van der Waals surface area (Å²) in [6.07, 6.45) is 3.90. The minimum atomic E-state index is -0.296. The number of carbonyl (C=O) groups excluding carboxylic acids is 1. The van der Waals surface area contributed by atoms with Gasteiger partial charge in [-0.2, -0.15) is 0 Å². The maximum Gasteiger partial charge on any atom is 0.332 e. The Morgan fingerprint density at radius 3 is 2.82 bits per heavy atom. The van der Waals surface area contributed by atoms with Crippen molar-refractivity contribution in [2.45, 2.75) is 19.9 Å². The molecule has 90 valence electrons. The number of hydrogen-bond donors (Lipinski definition) is 0. The van der Waals surface area contributed by atoms with Crippen LogP contribution in [0.4, 0.5) is 5.69 Å². The normalized spacial score (nSPS) is 17.8. The molecule has 1 aromatic rings. The van der Waals surface area contributed by atoms with E-state index in [0.717, 1.165) is 17.8 Å². The monoisotopic (exact) mass is 231 g/mol. The van der Waals surface area contributed by atoms with Crippen molar-refractivity contribution < 1.29 is 9.53 Å². The maximum atomic E-state index is 11.9. The number of esters is 1. The lowest BCUT2D eigenvalue weighted by Gasteiger charge is -2.33.